The number of amides is 1. The number of hydrogen-bond acceptors (Lipinski definition) is 5. The number of nitrogens with two attached hydrogens (primary N) is 1. The van der Waals surface area contributed by atoms with E-state index in [1.807, 2.05) is 0 Å². The first kappa shape index (κ1) is 20.2. The summed E-state index contributed by atoms with van der Waals surface area (Å²) in [5, 5.41) is 8.11. The van der Waals surface area contributed by atoms with Crippen LogP contribution in [0.3, 0.4) is 0 Å². The third-order valence-electron chi connectivity index (χ3n) is 5.32. The highest BCUT2D eigenvalue weighted by molar-refractivity contribution is 7.89. The number of nitrogens with zero attached hydrogens (tertiary/aromatic N) is 1. The van der Waals surface area contributed by atoms with Crippen LogP contribution >= 0.6 is 0 Å². The lowest BCUT2D eigenvalue weighted by Crippen LogP contribution is -2.44. The second-order valence-corrected chi connectivity index (χ2v) is 10.7. The first-order valence-electron chi connectivity index (χ1n) is 9.11. The molecule has 2 aliphatic rings. The number of primary sulfonamides is 1. The molecule has 0 unspecified atom stereocenters. The highest BCUT2D eigenvalue weighted by Crippen LogP contribution is 2.25. The van der Waals surface area contributed by atoms with Gasteiger partial charge in [-0.2, -0.15) is 4.31 Å². The molecule has 1 aliphatic carbocycles. The third kappa shape index (κ3) is 4.68. The molecular weight excluding hydrogens is 390 g/mol. The molecule has 10 heteroatoms. The maximum absolute atomic E-state index is 12.7. The Bertz CT molecular complexity index is 883. The van der Waals surface area contributed by atoms with E-state index in [0.717, 1.165) is 25.7 Å². The standard InChI is InChI=1S/C17H25N3O5S2/c18-26(22,23)15-5-7-16(8-6-15)27(24,25)20-11-9-13(10-12-20)17(21)19-14-3-1-2-4-14/h5-8,13-14H,1-4,9-12H2,(H,19,21)(H2,18,22,23). The SMILES string of the molecule is NS(=O)(=O)c1ccc(S(=O)(=O)N2CCC(C(=O)NC3CCCC3)CC2)cc1. The molecule has 150 valence electrons. The topological polar surface area (TPSA) is 127 Å². The van der Waals surface area contributed by atoms with Gasteiger partial charge in [-0.1, -0.05) is 12.8 Å². The minimum Gasteiger partial charge on any atom is -0.353 e. The zero-order valence-corrected chi connectivity index (χ0v) is 16.6. The summed E-state index contributed by atoms with van der Waals surface area (Å²) in [6, 6.07) is 5.12. The summed E-state index contributed by atoms with van der Waals surface area (Å²) >= 11 is 0. The molecule has 3 N–H and O–H groups in total. The summed E-state index contributed by atoms with van der Waals surface area (Å²) in [4.78, 5) is 12.2. The van der Waals surface area contributed by atoms with E-state index >= 15 is 0 Å². The number of hydrogen-bond donors (Lipinski definition) is 2. The summed E-state index contributed by atoms with van der Waals surface area (Å²) in [5.41, 5.74) is 0. The van der Waals surface area contributed by atoms with Gasteiger partial charge in [-0.15, -0.1) is 0 Å². The van der Waals surface area contributed by atoms with E-state index in [4.69, 9.17) is 5.14 Å². The normalized spacial score (nSPS) is 20.6. The number of benzene rings is 1. The van der Waals surface area contributed by atoms with E-state index in [0.29, 0.717) is 12.8 Å². The van der Waals surface area contributed by atoms with Gasteiger partial charge in [0.1, 0.15) is 0 Å². The van der Waals surface area contributed by atoms with Crippen molar-refractivity contribution in [1.29, 1.82) is 0 Å². The Morgan fingerprint density at radius 3 is 1.96 bits per heavy atom. The predicted octanol–water partition coefficient (Wildman–Crippen LogP) is 0.793. The minimum atomic E-state index is -3.87. The maximum atomic E-state index is 12.7. The van der Waals surface area contributed by atoms with E-state index in [2.05, 4.69) is 5.32 Å². The summed E-state index contributed by atoms with van der Waals surface area (Å²) in [5.74, 6) is -0.140. The molecule has 1 heterocycles. The molecule has 1 aromatic carbocycles. The van der Waals surface area contributed by atoms with E-state index in [-0.39, 0.29) is 40.7 Å². The van der Waals surface area contributed by atoms with E-state index in [1.165, 1.54) is 28.6 Å². The van der Waals surface area contributed by atoms with Gasteiger partial charge in [0, 0.05) is 25.0 Å². The van der Waals surface area contributed by atoms with Crippen molar-refractivity contribution in [3.05, 3.63) is 24.3 Å². The fourth-order valence-corrected chi connectivity index (χ4v) is 5.68. The van der Waals surface area contributed by atoms with Crippen molar-refractivity contribution in [1.82, 2.24) is 9.62 Å². The summed E-state index contributed by atoms with van der Waals surface area (Å²) in [6.45, 7) is 0.532. The van der Waals surface area contributed by atoms with Gasteiger partial charge >= 0.3 is 0 Å². The molecule has 0 bridgehead atoms. The van der Waals surface area contributed by atoms with Crippen molar-refractivity contribution in [3.63, 3.8) is 0 Å². The van der Waals surface area contributed by atoms with Crippen LogP contribution in [0, 0.1) is 5.92 Å². The molecule has 1 saturated carbocycles. The van der Waals surface area contributed by atoms with Crippen LogP contribution in [0.2, 0.25) is 0 Å². The highest BCUT2D eigenvalue weighted by atomic mass is 32.2. The number of carbonyl (C=O) groups excluding carboxylic acids is 1. The van der Waals surface area contributed by atoms with Gasteiger partial charge in [0.2, 0.25) is 26.0 Å². The van der Waals surface area contributed by atoms with Crippen LogP contribution in [-0.4, -0.2) is 46.2 Å². The number of carbonyl (C=O) groups is 1. The van der Waals surface area contributed by atoms with Crippen molar-refractivity contribution < 1.29 is 21.6 Å². The van der Waals surface area contributed by atoms with Crippen LogP contribution in [0.15, 0.2) is 34.1 Å². The molecule has 8 nitrogen and oxygen atoms in total. The molecular formula is C17H25N3O5S2. The highest BCUT2D eigenvalue weighted by Gasteiger charge is 2.33. The van der Waals surface area contributed by atoms with E-state index < -0.39 is 20.0 Å². The Balaban J connectivity index is 1.61. The van der Waals surface area contributed by atoms with Crippen LogP contribution in [0.5, 0.6) is 0 Å². The fourth-order valence-electron chi connectivity index (χ4n) is 3.70. The second-order valence-electron chi connectivity index (χ2n) is 7.18. The number of rotatable bonds is 5. The van der Waals surface area contributed by atoms with Gasteiger partial charge in [-0.05, 0) is 49.9 Å². The largest absolute Gasteiger partial charge is 0.353 e. The van der Waals surface area contributed by atoms with E-state index in [9.17, 15) is 21.6 Å². The van der Waals surface area contributed by atoms with E-state index in [1.54, 1.807) is 0 Å². The second kappa shape index (κ2) is 7.86. The van der Waals surface area contributed by atoms with Gasteiger partial charge in [0.15, 0.2) is 0 Å². The lowest BCUT2D eigenvalue weighted by Gasteiger charge is -2.31. The molecule has 2 fully saturated rings. The molecule has 27 heavy (non-hydrogen) atoms. The third-order valence-corrected chi connectivity index (χ3v) is 8.16. The Morgan fingerprint density at radius 1 is 0.926 bits per heavy atom. The zero-order chi connectivity index (χ0) is 19.7. The fraction of sp³-hybridized carbons (Fsp3) is 0.588. The van der Waals surface area contributed by atoms with Gasteiger partial charge in [-0.25, -0.2) is 22.0 Å². The van der Waals surface area contributed by atoms with Crippen molar-refractivity contribution in [2.45, 2.75) is 54.4 Å². The van der Waals surface area contributed by atoms with Gasteiger partial charge in [0.25, 0.3) is 0 Å². The summed E-state index contributed by atoms with van der Waals surface area (Å²) in [6.07, 6.45) is 5.29. The monoisotopic (exact) mass is 415 g/mol. The Labute approximate surface area is 160 Å². The van der Waals surface area contributed by atoms with Crippen LogP contribution < -0.4 is 10.5 Å². The summed E-state index contributed by atoms with van der Waals surface area (Å²) in [7, 11) is -7.60. The molecule has 3 rings (SSSR count). The maximum Gasteiger partial charge on any atom is 0.243 e. The first-order chi connectivity index (χ1) is 12.7. The zero-order valence-electron chi connectivity index (χ0n) is 15.0. The predicted molar refractivity (Wildman–Crippen MR) is 99.7 cm³/mol. The van der Waals surface area contributed by atoms with Crippen LogP contribution in [0.4, 0.5) is 0 Å². The molecule has 1 aromatic rings. The van der Waals surface area contributed by atoms with Crippen LogP contribution in [0.25, 0.3) is 0 Å². The average molecular weight is 416 g/mol. The number of nitrogens with one attached hydrogen (secondary N) is 1. The minimum absolute atomic E-state index is 0.0174. The van der Waals surface area contributed by atoms with Crippen molar-refractivity contribution in [2.75, 3.05) is 13.1 Å². The molecule has 1 amide bonds. The molecule has 1 saturated heterocycles. The molecule has 0 radical (unpaired) electrons. The van der Waals surface area contributed by atoms with Crippen LogP contribution in [-0.2, 0) is 24.8 Å². The average Bonchev–Trinajstić information content (AvgIpc) is 3.14. The molecule has 1 aliphatic heterocycles. The summed E-state index contributed by atoms with van der Waals surface area (Å²) < 4.78 is 49.4. The lowest BCUT2D eigenvalue weighted by molar-refractivity contribution is -0.126. The van der Waals surface area contributed by atoms with Crippen molar-refractivity contribution in [2.24, 2.45) is 11.1 Å². The Hall–Kier alpha value is -1.49. The lowest BCUT2D eigenvalue weighted by atomic mass is 9.97. The molecule has 0 aromatic heterocycles. The quantitative estimate of drug-likeness (QED) is 0.735. The smallest absolute Gasteiger partial charge is 0.243 e. The van der Waals surface area contributed by atoms with Crippen LogP contribution in [0.1, 0.15) is 38.5 Å². The molecule has 0 atom stereocenters. The van der Waals surface area contributed by atoms with Gasteiger partial charge in [-0.3, -0.25) is 4.79 Å². The van der Waals surface area contributed by atoms with Crippen molar-refractivity contribution >= 4 is 26.0 Å². The number of sulfonamides is 2. The van der Waals surface area contributed by atoms with Crippen molar-refractivity contribution in [3.8, 4) is 0 Å². The first-order valence-corrected chi connectivity index (χ1v) is 12.1. The number of piperidine rings is 1. The Kier molecular flexibility index (Phi) is 5.90. The van der Waals surface area contributed by atoms with Gasteiger partial charge in [0.05, 0.1) is 9.79 Å². The van der Waals surface area contributed by atoms with Gasteiger partial charge < -0.3 is 5.32 Å². The Morgan fingerprint density at radius 2 is 1.44 bits per heavy atom. The molecule has 0 spiro atoms.